The molecule has 17 atom stereocenters. The van der Waals surface area contributed by atoms with Gasteiger partial charge in [0.1, 0.15) is 42.1 Å². The third-order valence-electron chi connectivity index (χ3n) is 8.99. The zero-order valence-corrected chi connectivity index (χ0v) is 27.5. The minimum atomic E-state index is -1.19. The minimum absolute atomic E-state index is 0.0632. The number of ether oxygens (including phenoxy) is 11. The first-order valence-electron chi connectivity index (χ1n) is 15.1. The molecule has 0 aromatic heterocycles. The summed E-state index contributed by atoms with van der Waals surface area (Å²) in [6, 6.07) is 0. The van der Waals surface area contributed by atoms with Gasteiger partial charge in [-0.1, -0.05) is 0 Å². The Hall–Kier alpha value is -0.170. The molecule has 17 unspecified atom stereocenters. The van der Waals surface area contributed by atoms with Gasteiger partial charge in [-0.25, -0.2) is 0 Å². The Morgan fingerprint density at radius 3 is 1.47 bits per heavy atom. The molecule has 4 saturated heterocycles. The van der Waals surface area contributed by atoms with Crippen molar-refractivity contribution in [3.63, 3.8) is 0 Å². The molecule has 2 N–H and O–H groups in total. The van der Waals surface area contributed by atoms with Crippen molar-refractivity contribution in [2.45, 2.75) is 151 Å². The maximum absolute atomic E-state index is 10.7. The molecule has 4 rings (SSSR count). The third-order valence-corrected chi connectivity index (χ3v) is 9.82. The van der Waals surface area contributed by atoms with Crippen LogP contribution in [-0.4, -0.2) is 149 Å². The fraction of sp³-hybridized carbons (Fsp3) is 1.00. The molecule has 4 aliphatic heterocycles. The van der Waals surface area contributed by atoms with E-state index in [4.69, 9.17) is 52.1 Å². The fourth-order valence-electron chi connectivity index (χ4n) is 6.50. The van der Waals surface area contributed by atoms with E-state index in [9.17, 15) is 10.2 Å². The van der Waals surface area contributed by atoms with Crippen molar-refractivity contribution >= 4 is 11.8 Å². The monoisotopic (exact) mass is 640 g/mol. The van der Waals surface area contributed by atoms with Crippen molar-refractivity contribution in [2.24, 2.45) is 0 Å². The SMILES string of the molecule is COC1CC(OC2C(C)OC(SC)CC2OC)OC(C)C1OC1CC(OC)C(OC2OC(C)C(O)C(OC)C2O)C(C)O1. The zero-order chi connectivity index (χ0) is 31.4. The molecule has 14 heteroatoms. The van der Waals surface area contributed by atoms with Gasteiger partial charge < -0.3 is 62.3 Å². The average Bonchev–Trinajstić information content (AvgIpc) is 2.99. The Morgan fingerprint density at radius 1 is 0.535 bits per heavy atom. The molecule has 4 aliphatic rings. The lowest BCUT2D eigenvalue weighted by atomic mass is 9.98. The maximum Gasteiger partial charge on any atom is 0.187 e. The highest BCUT2D eigenvalue weighted by Crippen LogP contribution is 2.36. The first kappa shape index (κ1) is 35.7. The van der Waals surface area contributed by atoms with Gasteiger partial charge in [0.25, 0.3) is 0 Å². The number of methoxy groups -OCH3 is 4. The number of hydrogen-bond donors (Lipinski definition) is 2. The van der Waals surface area contributed by atoms with Crippen LogP contribution in [0.15, 0.2) is 0 Å². The van der Waals surface area contributed by atoms with E-state index in [0.29, 0.717) is 12.8 Å². The zero-order valence-electron chi connectivity index (χ0n) is 26.7. The first-order chi connectivity index (χ1) is 20.5. The van der Waals surface area contributed by atoms with Gasteiger partial charge in [0.05, 0.1) is 42.7 Å². The van der Waals surface area contributed by atoms with Gasteiger partial charge in [-0.15, -0.1) is 11.8 Å². The van der Waals surface area contributed by atoms with Crippen LogP contribution >= 0.6 is 11.8 Å². The summed E-state index contributed by atoms with van der Waals surface area (Å²) in [6.45, 7) is 7.48. The topological polar surface area (TPSA) is 142 Å². The van der Waals surface area contributed by atoms with Crippen LogP contribution in [0.1, 0.15) is 47.0 Å². The number of hydrogen-bond acceptors (Lipinski definition) is 14. The Labute approximate surface area is 259 Å². The standard InChI is InChI=1S/C29H52O13S/c1-13-23(30)28(35-8)24(31)29(39-13)42-27-15(3)37-21(11-18(27)33-6)40-25-14(2)36-20(10-17(25)32-5)41-26-16(4)38-22(43-9)12-19(26)34-7/h13-31H,10-12H2,1-9H3. The highest BCUT2D eigenvalue weighted by molar-refractivity contribution is 7.99. The number of rotatable bonds is 11. The largest absolute Gasteiger partial charge is 0.388 e. The molecule has 0 amide bonds. The van der Waals surface area contributed by atoms with Crippen LogP contribution in [-0.2, 0) is 52.1 Å². The summed E-state index contributed by atoms with van der Waals surface area (Å²) in [6.07, 6.45) is -5.31. The molecule has 43 heavy (non-hydrogen) atoms. The van der Waals surface area contributed by atoms with E-state index in [1.54, 1.807) is 40.0 Å². The molecule has 0 aromatic rings. The maximum atomic E-state index is 10.7. The van der Waals surface area contributed by atoms with Gasteiger partial charge in [-0.2, -0.15) is 0 Å². The average molecular weight is 641 g/mol. The summed E-state index contributed by atoms with van der Waals surface area (Å²) >= 11 is 1.66. The Bertz CT molecular complexity index is 842. The summed E-state index contributed by atoms with van der Waals surface area (Å²) in [5, 5.41) is 21.1. The van der Waals surface area contributed by atoms with Crippen molar-refractivity contribution < 1.29 is 62.3 Å². The van der Waals surface area contributed by atoms with Crippen LogP contribution in [0.3, 0.4) is 0 Å². The Kier molecular flexibility index (Phi) is 13.4. The van der Waals surface area contributed by atoms with Crippen LogP contribution < -0.4 is 0 Å². The normalized spacial score (nSPS) is 49.6. The van der Waals surface area contributed by atoms with Crippen molar-refractivity contribution in [1.29, 1.82) is 0 Å². The van der Waals surface area contributed by atoms with Crippen molar-refractivity contribution in [3.8, 4) is 0 Å². The molecular formula is C29H52O13S. The van der Waals surface area contributed by atoms with Crippen LogP contribution in [0, 0.1) is 0 Å². The molecule has 0 saturated carbocycles. The van der Waals surface area contributed by atoms with E-state index in [0.717, 1.165) is 6.42 Å². The smallest absolute Gasteiger partial charge is 0.187 e. The van der Waals surface area contributed by atoms with Gasteiger partial charge in [-0.05, 0) is 34.0 Å². The molecule has 0 radical (unpaired) electrons. The van der Waals surface area contributed by atoms with Crippen molar-refractivity contribution in [2.75, 3.05) is 34.7 Å². The van der Waals surface area contributed by atoms with Gasteiger partial charge in [0.2, 0.25) is 0 Å². The van der Waals surface area contributed by atoms with E-state index < -0.39 is 67.7 Å². The molecule has 4 heterocycles. The van der Waals surface area contributed by atoms with Crippen LogP contribution in [0.5, 0.6) is 0 Å². The van der Waals surface area contributed by atoms with Gasteiger partial charge in [-0.3, -0.25) is 0 Å². The molecule has 4 fully saturated rings. The third kappa shape index (κ3) is 8.22. The molecule has 0 aliphatic carbocycles. The second-order valence-electron chi connectivity index (χ2n) is 11.8. The van der Waals surface area contributed by atoms with Crippen LogP contribution in [0.2, 0.25) is 0 Å². The molecule has 0 spiro atoms. The molecule has 0 aromatic carbocycles. The summed E-state index contributed by atoms with van der Waals surface area (Å²) in [5.41, 5.74) is 0.0632. The lowest BCUT2D eigenvalue weighted by Crippen LogP contribution is -2.61. The number of aliphatic hydroxyl groups excluding tert-OH is 2. The number of aliphatic hydroxyl groups is 2. The minimum Gasteiger partial charge on any atom is -0.388 e. The molecular weight excluding hydrogens is 588 g/mol. The summed E-state index contributed by atoms with van der Waals surface area (Å²) in [4.78, 5) is 0. The van der Waals surface area contributed by atoms with E-state index in [1.165, 1.54) is 7.11 Å². The van der Waals surface area contributed by atoms with E-state index in [1.807, 2.05) is 27.0 Å². The van der Waals surface area contributed by atoms with Gasteiger partial charge in [0, 0.05) is 47.7 Å². The predicted molar refractivity (Wildman–Crippen MR) is 155 cm³/mol. The molecule has 252 valence electrons. The highest BCUT2D eigenvalue weighted by atomic mass is 32.2. The summed E-state index contributed by atoms with van der Waals surface area (Å²) in [7, 11) is 6.37. The predicted octanol–water partition coefficient (Wildman–Crippen LogP) is 1.44. The second-order valence-corrected chi connectivity index (χ2v) is 12.8. The molecule has 0 bridgehead atoms. The quantitative estimate of drug-likeness (QED) is 0.336. The van der Waals surface area contributed by atoms with Crippen LogP contribution in [0.4, 0.5) is 0 Å². The van der Waals surface area contributed by atoms with Crippen molar-refractivity contribution in [3.05, 3.63) is 0 Å². The lowest BCUT2D eigenvalue weighted by Gasteiger charge is -2.47. The van der Waals surface area contributed by atoms with E-state index in [2.05, 4.69) is 0 Å². The Morgan fingerprint density at radius 2 is 1.00 bits per heavy atom. The Balaban J connectivity index is 1.35. The van der Waals surface area contributed by atoms with Gasteiger partial charge in [0.15, 0.2) is 18.9 Å². The highest BCUT2D eigenvalue weighted by Gasteiger charge is 2.49. The fourth-order valence-corrected chi connectivity index (χ4v) is 7.17. The molecule has 13 nitrogen and oxygen atoms in total. The second kappa shape index (κ2) is 16.1. The van der Waals surface area contributed by atoms with Crippen LogP contribution in [0.25, 0.3) is 0 Å². The lowest BCUT2D eigenvalue weighted by molar-refractivity contribution is -0.353. The van der Waals surface area contributed by atoms with Crippen molar-refractivity contribution in [1.82, 2.24) is 0 Å². The van der Waals surface area contributed by atoms with E-state index >= 15 is 0 Å². The van der Waals surface area contributed by atoms with Gasteiger partial charge >= 0.3 is 0 Å². The summed E-state index contributed by atoms with van der Waals surface area (Å²) in [5.74, 6) is 0. The first-order valence-corrected chi connectivity index (χ1v) is 16.4. The summed E-state index contributed by atoms with van der Waals surface area (Å²) < 4.78 is 66.2. The van der Waals surface area contributed by atoms with E-state index in [-0.39, 0.29) is 36.0 Å². The number of thioether (sulfide) groups is 1.